The molecule has 0 amide bonds. The molecule has 1 fully saturated rings. The van der Waals surface area contributed by atoms with E-state index in [0.29, 0.717) is 5.82 Å². The average molecular weight is 260 g/mol. The Morgan fingerprint density at radius 1 is 1.39 bits per heavy atom. The fourth-order valence-electron chi connectivity index (χ4n) is 2.42. The van der Waals surface area contributed by atoms with E-state index in [1.54, 1.807) is 12.4 Å². The van der Waals surface area contributed by atoms with Crippen molar-refractivity contribution < 1.29 is 0 Å². The van der Waals surface area contributed by atoms with Crippen molar-refractivity contribution in [2.75, 3.05) is 23.7 Å². The number of pyridine rings is 1. The quantitative estimate of drug-likeness (QED) is 0.902. The molecule has 2 N–H and O–H groups in total. The molecule has 0 aliphatic carbocycles. The first-order valence-electron chi connectivity index (χ1n) is 6.16. The van der Waals surface area contributed by atoms with Crippen molar-refractivity contribution in [2.45, 2.75) is 13.3 Å². The Kier molecular flexibility index (Phi) is 2.91. The SMILES string of the molecule is CC1CCN(c2snc(N)c2-c2ccncc2)C1. The summed E-state index contributed by atoms with van der Waals surface area (Å²) in [6.45, 7) is 4.48. The zero-order valence-corrected chi connectivity index (χ0v) is 11.2. The van der Waals surface area contributed by atoms with Crippen LogP contribution in [0.15, 0.2) is 24.5 Å². The number of hydrogen-bond acceptors (Lipinski definition) is 5. The molecule has 18 heavy (non-hydrogen) atoms. The van der Waals surface area contributed by atoms with Crippen molar-refractivity contribution in [1.29, 1.82) is 0 Å². The van der Waals surface area contributed by atoms with E-state index >= 15 is 0 Å². The van der Waals surface area contributed by atoms with Crippen LogP contribution in [0.25, 0.3) is 11.1 Å². The van der Waals surface area contributed by atoms with Gasteiger partial charge in [0, 0.05) is 25.5 Å². The van der Waals surface area contributed by atoms with Crippen LogP contribution in [0.4, 0.5) is 10.8 Å². The lowest BCUT2D eigenvalue weighted by molar-refractivity contribution is 0.660. The van der Waals surface area contributed by atoms with Crippen LogP contribution in [0.1, 0.15) is 13.3 Å². The molecule has 0 spiro atoms. The second-order valence-corrected chi connectivity index (χ2v) is 5.58. The van der Waals surface area contributed by atoms with Crippen molar-refractivity contribution in [3.05, 3.63) is 24.5 Å². The second kappa shape index (κ2) is 4.57. The van der Waals surface area contributed by atoms with Crippen molar-refractivity contribution in [2.24, 2.45) is 5.92 Å². The van der Waals surface area contributed by atoms with Crippen LogP contribution in [-0.4, -0.2) is 22.4 Å². The topological polar surface area (TPSA) is 55.0 Å². The molecule has 5 heteroatoms. The van der Waals surface area contributed by atoms with E-state index in [2.05, 4.69) is 21.2 Å². The predicted octanol–water partition coefficient (Wildman–Crippen LogP) is 2.63. The first-order chi connectivity index (χ1) is 8.75. The smallest absolute Gasteiger partial charge is 0.147 e. The van der Waals surface area contributed by atoms with Crippen LogP contribution < -0.4 is 10.6 Å². The molecule has 1 unspecified atom stereocenters. The maximum atomic E-state index is 6.03. The summed E-state index contributed by atoms with van der Waals surface area (Å²) in [4.78, 5) is 6.45. The fourth-order valence-corrected chi connectivity index (χ4v) is 3.29. The van der Waals surface area contributed by atoms with Crippen molar-refractivity contribution in [1.82, 2.24) is 9.36 Å². The van der Waals surface area contributed by atoms with E-state index in [1.807, 2.05) is 12.1 Å². The zero-order valence-electron chi connectivity index (χ0n) is 10.3. The lowest BCUT2D eigenvalue weighted by Crippen LogP contribution is -2.18. The Morgan fingerprint density at radius 3 is 2.83 bits per heavy atom. The van der Waals surface area contributed by atoms with Gasteiger partial charge in [-0.3, -0.25) is 4.98 Å². The summed E-state index contributed by atoms with van der Waals surface area (Å²) in [6.07, 6.45) is 4.83. The normalized spacial score (nSPS) is 19.4. The van der Waals surface area contributed by atoms with Gasteiger partial charge >= 0.3 is 0 Å². The minimum absolute atomic E-state index is 0.626. The Balaban J connectivity index is 2.02. The van der Waals surface area contributed by atoms with E-state index in [1.165, 1.54) is 23.0 Å². The molecule has 0 aromatic carbocycles. The van der Waals surface area contributed by atoms with E-state index in [-0.39, 0.29) is 0 Å². The fraction of sp³-hybridized carbons (Fsp3) is 0.385. The summed E-state index contributed by atoms with van der Waals surface area (Å²) < 4.78 is 4.32. The first kappa shape index (κ1) is 11.5. The molecule has 0 radical (unpaired) electrons. The van der Waals surface area contributed by atoms with Gasteiger partial charge in [-0.1, -0.05) is 6.92 Å². The van der Waals surface area contributed by atoms with Gasteiger partial charge in [0.15, 0.2) is 0 Å². The summed E-state index contributed by atoms with van der Waals surface area (Å²) in [5.41, 5.74) is 8.20. The molecule has 1 saturated heterocycles. The molecule has 4 nitrogen and oxygen atoms in total. The van der Waals surface area contributed by atoms with Gasteiger partial charge in [0.2, 0.25) is 0 Å². The Morgan fingerprint density at radius 2 is 2.17 bits per heavy atom. The molecule has 0 saturated carbocycles. The molecular weight excluding hydrogens is 244 g/mol. The Hall–Kier alpha value is -1.62. The number of nitrogen functional groups attached to an aromatic ring is 1. The Bertz CT molecular complexity index is 537. The summed E-state index contributed by atoms with van der Waals surface area (Å²) in [6, 6.07) is 3.98. The first-order valence-corrected chi connectivity index (χ1v) is 6.93. The largest absolute Gasteiger partial charge is 0.382 e. The molecule has 3 rings (SSSR count). The molecule has 2 aromatic heterocycles. The molecule has 1 aliphatic heterocycles. The molecule has 1 atom stereocenters. The summed E-state index contributed by atoms with van der Waals surface area (Å²) in [5, 5.41) is 1.20. The minimum Gasteiger partial charge on any atom is -0.382 e. The van der Waals surface area contributed by atoms with Gasteiger partial charge in [0.25, 0.3) is 0 Å². The van der Waals surface area contributed by atoms with Crippen LogP contribution >= 0.6 is 11.5 Å². The van der Waals surface area contributed by atoms with Crippen LogP contribution in [0.5, 0.6) is 0 Å². The number of nitrogens with zero attached hydrogens (tertiary/aromatic N) is 3. The van der Waals surface area contributed by atoms with Crippen LogP contribution in [0, 0.1) is 5.92 Å². The van der Waals surface area contributed by atoms with Crippen LogP contribution in [0.2, 0.25) is 0 Å². The monoisotopic (exact) mass is 260 g/mol. The summed E-state index contributed by atoms with van der Waals surface area (Å²) >= 11 is 1.50. The summed E-state index contributed by atoms with van der Waals surface area (Å²) in [7, 11) is 0. The summed E-state index contributed by atoms with van der Waals surface area (Å²) in [5.74, 6) is 1.37. The molecular formula is C13H16N4S. The van der Waals surface area contributed by atoms with Gasteiger partial charge in [-0.25, -0.2) is 0 Å². The number of nitrogens with two attached hydrogens (primary N) is 1. The molecule has 0 bridgehead atoms. The van der Waals surface area contributed by atoms with Crippen molar-refractivity contribution >= 4 is 22.4 Å². The highest BCUT2D eigenvalue weighted by atomic mass is 32.1. The van der Waals surface area contributed by atoms with E-state index < -0.39 is 0 Å². The van der Waals surface area contributed by atoms with E-state index in [4.69, 9.17) is 5.73 Å². The predicted molar refractivity (Wildman–Crippen MR) is 75.8 cm³/mol. The van der Waals surface area contributed by atoms with Crippen molar-refractivity contribution in [3.8, 4) is 11.1 Å². The van der Waals surface area contributed by atoms with Crippen molar-refractivity contribution in [3.63, 3.8) is 0 Å². The highest BCUT2D eigenvalue weighted by Gasteiger charge is 2.24. The highest BCUT2D eigenvalue weighted by molar-refractivity contribution is 7.11. The lowest BCUT2D eigenvalue weighted by Gasteiger charge is -2.17. The number of rotatable bonds is 2. The van der Waals surface area contributed by atoms with Crippen LogP contribution in [-0.2, 0) is 0 Å². The number of anilines is 2. The Labute approximate surface area is 111 Å². The molecule has 2 aromatic rings. The van der Waals surface area contributed by atoms with Gasteiger partial charge in [-0.15, -0.1) is 0 Å². The molecule has 3 heterocycles. The van der Waals surface area contributed by atoms with Gasteiger partial charge in [-0.2, -0.15) is 4.37 Å². The highest BCUT2D eigenvalue weighted by Crippen LogP contribution is 2.40. The second-order valence-electron chi connectivity index (χ2n) is 4.82. The molecule has 94 valence electrons. The van der Waals surface area contributed by atoms with E-state index in [9.17, 15) is 0 Å². The van der Waals surface area contributed by atoms with Crippen LogP contribution in [0.3, 0.4) is 0 Å². The number of aromatic nitrogens is 2. The zero-order chi connectivity index (χ0) is 12.5. The van der Waals surface area contributed by atoms with Gasteiger partial charge in [-0.05, 0) is 41.6 Å². The van der Waals surface area contributed by atoms with Gasteiger partial charge in [0.1, 0.15) is 10.8 Å². The third-order valence-electron chi connectivity index (χ3n) is 3.38. The van der Waals surface area contributed by atoms with Gasteiger partial charge < -0.3 is 10.6 Å². The maximum Gasteiger partial charge on any atom is 0.147 e. The average Bonchev–Trinajstić information content (AvgIpc) is 2.96. The standard InChI is InChI=1S/C13H16N4S/c1-9-4-7-17(8-9)13-11(12(14)16-18-13)10-2-5-15-6-3-10/h2-3,5-6,9H,4,7-8H2,1H3,(H2,14,16). The van der Waals surface area contributed by atoms with Gasteiger partial charge in [0.05, 0.1) is 5.56 Å². The number of hydrogen-bond donors (Lipinski definition) is 1. The minimum atomic E-state index is 0.626. The third-order valence-corrected chi connectivity index (χ3v) is 4.30. The third kappa shape index (κ3) is 1.95. The lowest BCUT2D eigenvalue weighted by atomic mass is 10.1. The maximum absolute atomic E-state index is 6.03. The molecule has 1 aliphatic rings. The van der Waals surface area contributed by atoms with E-state index in [0.717, 1.165) is 30.1 Å².